The van der Waals surface area contributed by atoms with Crippen LogP contribution in [0.3, 0.4) is 0 Å². The van der Waals surface area contributed by atoms with Gasteiger partial charge < -0.3 is 20.3 Å². The molecule has 7 nitrogen and oxygen atoms in total. The maximum absolute atomic E-state index is 12.3. The van der Waals surface area contributed by atoms with Crippen molar-refractivity contribution in [1.82, 2.24) is 20.5 Å². The topological polar surface area (TPSA) is 78.9 Å². The number of hydrogen-bond acceptors (Lipinski definition) is 5. The number of nitrogens with zero attached hydrogens (tertiary/aromatic N) is 3. The van der Waals surface area contributed by atoms with Gasteiger partial charge in [0, 0.05) is 49.7 Å². The van der Waals surface area contributed by atoms with E-state index in [-0.39, 0.29) is 12.1 Å². The van der Waals surface area contributed by atoms with Crippen LogP contribution in [0.2, 0.25) is 0 Å². The van der Waals surface area contributed by atoms with Crippen molar-refractivity contribution >= 4 is 23.4 Å². The lowest BCUT2D eigenvalue weighted by Crippen LogP contribution is -2.42. The highest BCUT2D eigenvalue weighted by Gasteiger charge is 2.23. The second kappa shape index (κ2) is 11.9. The molecule has 8 heteroatoms. The van der Waals surface area contributed by atoms with Crippen molar-refractivity contribution in [3.05, 3.63) is 16.1 Å². The van der Waals surface area contributed by atoms with Crippen LogP contribution in [0, 0.1) is 6.92 Å². The van der Waals surface area contributed by atoms with Crippen LogP contribution in [-0.4, -0.2) is 59.8 Å². The Bertz CT molecular complexity index is 622. The van der Waals surface area contributed by atoms with Crippen LogP contribution < -0.4 is 10.6 Å². The number of carbonyl (C=O) groups excluding carboxylic acids is 1. The summed E-state index contributed by atoms with van der Waals surface area (Å²) in [5.74, 6) is 0.796. The predicted molar refractivity (Wildman–Crippen MR) is 117 cm³/mol. The van der Waals surface area contributed by atoms with Gasteiger partial charge in [-0.25, -0.2) is 9.78 Å². The van der Waals surface area contributed by atoms with E-state index >= 15 is 0 Å². The highest BCUT2D eigenvalue weighted by Crippen LogP contribution is 2.12. The maximum atomic E-state index is 12.3. The standard InChI is InChI=1S/C20H37N5O2S/c1-8-21-18(23-12-10-17-24-14-16(4)28-17)22-11-9-13-25(15(2)3)19(26)27-20(5,6)7/h14-15H,8-13H2,1-7H3,(H2,21,22,23). The molecule has 0 bridgehead atoms. The molecule has 0 aromatic carbocycles. The van der Waals surface area contributed by atoms with E-state index in [2.05, 4.69) is 27.5 Å². The molecule has 1 amide bonds. The average Bonchev–Trinajstić information content (AvgIpc) is 2.97. The van der Waals surface area contributed by atoms with Gasteiger partial charge in [-0.2, -0.15) is 0 Å². The van der Waals surface area contributed by atoms with Crippen LogP contribution in [0.1, 0.15) is 57.8 Å². The van der Waals surface area contributed by atoms with Crippen LogP contribution in [0.5, 0.6) is 0 Å². The fraction of sp³-hybridized carbons (Fsp3) is 0.750. The Morgan fingerprint density at radius 3 is 2.61 bits per heavy atom. The minimum Gasteiger partial charge on any atom is -0.444 e. The van der Waals surface area contributed by atoms with Gasteiger partial charge in [-0.3, -0.25) is 4.99 Å². The number of hydrogen-bond donors (Lipinski definition) is 2. The molecule has 0 saturated carbocycles. The van der Waals surface area contributed by atoms with Crippen LogP contribution in [-0.2, 0) is 11.2 Å². The highest BCUT2D eigenvalue weighted by molar-refractivity contribution is 7.11. The number of guanidine groups is 1. The minimum atomic E-state index is -0.486. The van der Waals surface area contributed by atoms with Gasteiger partial charge in [0.15, 0.2) is 5.96 Å². The fourth-order valence-corrected chi connectivity index (χ4v) is 3.25. The van der Waals surface area contributed by atoms with E-state index in [1.165, 1.54) is 4.88 Å². The first-order valence-electron chi connectivity index (χ1n) is 10.1. The normalized spacial score (nSPS) is 12.2. The van der Waals surface area contributed by atoms with E-state index in [1.807, 2.05) is 47.7 Å². The third-order valence-electron chi connectivity index (χ3n) is 3.72. The number of rotatable bonds is 9. The smallest absolute Gasteiger partial charge is 0.410 e. The third kappa shape index (κ3) is 9.92. The molecule has 0 aliphatic rings. The van der Waals surface area contributed by atoms with Crippen LogP contribution in [0.25, 0.3) is 0 Å². The molecule has 0 aliphatic carbocycles. The Labute approximate surface area is 174 Å². The summed E-state index contributed by atoms with van der Waals surface area (Å²) in [6.45, 7) is 16.6. The van der Waals surface area contributed by atoms with Crippen molar-refractivity contribution in [3.8, 4) is 0 Å². The molecule has 0 fully saturated rings. The number of carbonyl (C=O) groups is 1. The zero-order valence-electron chi connectivity index (χ0n) is 18.5. The molecule has 2 N–H and O–H groups in total. The third-order valence-corrected chi connectivity index (χ3v) is 4.70. The molecule has 1 aromatic heterocycles. The quantitative estimate of drug-likeness (QED) is 0.369. The number of aromatic nitrogens is 1. The Kier molecular flexibility index (Phi) is 10.3. The molecule has 1 heterocycles. The summed E-state index contributed by atoms with van der Waals surface area (Å²) in [6, 6.07) is 0.0898. The first-order valence-corrected chi connectivity index (χ1v) is 10.9. The van der Waals surface area contributed by atoms with Crippen molar-refractivity contribution in [2.45, 2.75) is 73.0 Å². The second-order valence-electron chi connectivity index (χ2n) is 7.92. The van der Waals surface area contributed by atoms with E-state index in [1.54, 1.807) is 16.2 Å². The van der Waals surface area contributed by atoms with Crippen LogP contribution in [0.4, 0.5) is 4.79 Å². The van der Waals surface area contributed by atoms with Gasteiger partial charge in [0.2, 0.25) is 0 Å². The van der Waals surface area contributed by atoms with Crippen molar-refractivity contribution in [2.75, 3.05) is 26.2 Å². The number of aliphatic imine (C=N–C) groups is 1. The van der Waals surface area contributed by atoms with Crippen LogP contribution >= 0.6 is 11.3 Å². The Balaban J connectivity index is 2.46. The summed E-state index contributed by atoms with van der Waals surface area (Å²) >= 11 is 1.73. The summed E-state index contributed by atoms with van der Waals surface area (Å²) in [7, 11) is 0. The number of amides is 1. The van der Waals surface area contributed by atoms with Crippen molar-refractivity contribution < 1.29 is 9.53 Å². The van der Waals surface area contributed by atoms with Crippen LogP contribution in [0.15, 0.2) is 11.2 Å². The predicted octanol–water partition coefficient (Wildman–Crippen LogP) is 3.58. The summed E-state index contributed by atoms with van der Waals surface area (Å²) in [5, 5.41) is 7.73. The molecule has 160 valence electrons. The zero-order valence-corrected chi connectivity index (χ0v) is 19.3. The van der Waals surface area contributed by atoms with E-state index in [9.17, 15) is 4.79 Å². The largest absolute Gasteiger partial charge is 0.444 e. The molecule has 28 heavy (non-hydrogen) atoms. The van der Waals surface area contributed by atoms with Gasteiger partial charge in [-0.1, -0.05) is 0 Å². The molecule has 1 aromatic rings. The lowest BCUT2D eigenvalue weighted by atomic mass is 10.2. The maximum Gasteiger partial charge on any atom is 0.410 e. The molecule has 0 spiro atoms. The molecule has 0 unspecified atom stereocenters. The number of aryl methyl sites for hydroxylation is 1. The average molecular weight is 412 g/mol. The van der Waals surface area contributed by atoms with Crippen molar-refractivity contribution in [2.24, 2.45) is 4.99 Å². The molecule has 0 saturated heterocycles. The van der Waals surface area contributed by atoms with Gasteiger partial charge in [-0.05, 0) is 54.9 Å². The first-order chi connectivity index (χ1) is 13.1. The highest BCUT2D eigenvalue weighted by atomic mass is 32.1. The van der Waals surface area contributed by atoms with E-state index in [0.29, 0.717) is 13.1 Å². The lowest BCUT2D eigenvalue weighted by molar-refractivity contribution is 0.0190. The van der Waals surface area contributed by atoms with E-state index in [0.717, 1.165) is 36.9 Å². The number of ether oxygens (including phenoxy) is 1. The van der Waals surface area contributed by atoms with E-state index in [4.69, 9.17) is 4.74 Å². The summed E-state index contributed by atoms with van der Waals surface area (Å²) in [5.41, 5.74) is -0.486. The molecular weight excluding hydrogens is 374 g/mol. The molecule has 1 rings (SSSR count). The fourth-order valence-electron chi connectivity index (χ4n) is 2.46. The van der Waals surface area contributed by atoms with Gasteiger partial charge in [0.1, 0.15) is 5.60 Å². The molecule has 0 aliphatic heterocycles. The first kappa shape index (κ1) is 24.2. The Hall–Kier alpha value is -1.83. The second-order valence-corrected chi connectivity index (χ2v) is 9.24. The Morgan fingerprint density at radius 2 is 2.07 bits per heavy atom. The number of nitrogens with one attached hydrogen (secondary N) is 2. The van der Waals surface area contributed by atoms with Crippen molar-refractivity contribution in [1.29, 1.82) is 0 Å². The SMILES string of the molecule is CCNC(=NCCCN(C(=O)OC(C)(C)C)C(C)C)NCCc1ncc(C)s1. The van der Waals surface area contributed by atoms with E-state index < -0.39 is 5.60 Å². The van der Waals surface area contributed by atoms with Gasteiger partial charge in [0.05, 0.1) is 5.01 Å². The van der Waals surface area contributed by atoms with Crippen molar-refractivity contribution in [3.63, 3.8) is 0 Å². The monoisotopic (exact) mass is 411 g/mol. The lowest BCUT2D eigenvalue weighted by Gasteiger charge is -2.30. The molecule has 0 radical (unpaired) electrons. The van der Waals surface area contributed by atoms with Gasteiger partial charge >= 0.3 is 6.09 Å². The number of thiazole rings is 1. The van der Waals surface area contributed by atoms with Gasteiger partial charge in [0.25, 0.3) is 0 Å². The summed E-state index contributed by atoms with van der Waals surface area (Å²) in [4.78, 5) is 24.3. The summed E-state index contributed by atoms with van der Waals surface area (Å²) < 4.78 is 5.50. The minimum absolute atomic E-state index is 0.0898. The zero-order chi connectivity index (χ0) is 21.2. The summed E-state index contributed by atoms with van der Waals surface area (Å²) in [6.07, 6.45) is 3.29. The molecule has 0 atom stereocenters. The Morgan fingerprint density at radius 1 is 1.36 bits per heavy atom. The molecular formula is C20H37N5O2S. The van der Waals surface area contributed by atoms with Gasteiger partial charge in [-0.15, -0.1) is 11.3 Å².